The van der Waals surface area contributed by atoms with Crippen LogP contribution in [0.3, 0.4) is 0 Å². The van der Waals surface area contributed by atoms with Gasteiger partial charge in [-0.15, -0.1) is 0 Å². The Morgan fingerprint density at radius 2 is 1.90 bits per heavy atom. The number of rotatable bonds is 3. The van der Waals surface area contributed by atoms with Gasteiger partial charge in [0, 0.05) is 18.3 Å². The minimum atomic E-state index is 0.461. The van der Waals surface area contributed by atoms with Crippen LogP contribution in [0.15, 0.2) is 42.6 Å². The van der Waals surface area contributed by atoms with Crippen LogP contribution in [-0.4, -0.2) is 19.7 Å². The molecule has 0 radical (unpaired) electrons. The van der Waals surface area contributed by atoms with Gasteiger partial charge in [0.25, 0.3) is 0 Å². The van der Waals surface area contributed by atoms with E-state index in [2.05, 4.69) is 32.7 Å². The van der Waals surface area contributed by atoms with Gasteiger partial charge in [0.1, 0.15) is 10.8 Å². The van der Waals surface area contributed by atoms with Crippen molar-refractivity contribution in [1.82, 2.24) is 19.7 Å². The number of aromatic nitrogens is 4. The molecular weight excluding hydrogens is 399 g/mol. The Labute approximate surface area is 141 Å². The van der Waals surface area contributed by atoms with Gasteiger partial charge in [0.2, 0.25) is 0 Å². The second-order valence-corrected chi connectivity index (χ2v) is 5.84. The largest absolute Gasteiger partial charge is 0.262 e. The predicted octanol–water partition coefficient (Wildman–Crippen LogP) is 4.29. The lowest BCUT2D eigenvalue weighted by atomic mass is 10.1. The summed E-state index contributed by atoms with van der Waals surface area (Å²) in [7, 11) is 0. The zero-order chi connectivity index (χ0) is 14.8. The van der Waals surface area contributed by atoms with Gasteiger partial charge in [-0.3, -0.25) is 4.68 Å². The van der Waals surface area contributed by atoms with Gasteiger partial charge >= 0.3 is 0 Å². The van der Waals surface area contributed by atoms with E-state index in [1.165, 1.54) is 0 Å². The fraction of sp³-hybridized carbons (Fsp3) is 0.133. The van der Waals surface area contributed by atoms with Gasteiger partial charge in [-0.05, 0) is 35.6 Å². The minimum Gasteiger partial charge on any atom is -0.262 e. The lowest BCUT2D eigenvalue weighted by molar-refractivity contribution is 0.664. The van der Waals surface area contributed by atoms with Crippen molar-refractivity contribution in [3.05, 3.63) is 51.3 Å². The molecule has 6 heteroatoms. The number of aryl methyl sites for hydroxylation is 1. The average molecular weight is 411 g/mol. The molecule has 0 saturated carbocycles. The first-order chi connectivity index (χ1) is 10.2. The molecule has 4 nitrogen and oxygen atoms in total. The molecule has 2 heterocycles. The lowest BCUT2D eigenvalue weighted by Gasteiger charge is -2.09. The molecular formula is C15H12ClIN4. The normalized spacial score (nSPS) is 10.8. The van der Waals surface area contributed by atoms with Crippen LogP contribution in [0.25, 0.3) is 22.8 Å². The minimum absolute atomic E-state index is 0.461. The summed E-state index contributed by atoms with van der Waals surface area (Å²) in [6, 6.07) is 11.9. The average Bonchev–Trinajstić information content (AvgIpc) is 2.99. The molecule has 0 amide bonds. The Morgan fingerprint density at radius 1 is 1.14 bits per heavy atom. The van der Waals surface area contributed by atoms with Crippen LogP contribution in [0.2, 0.25) is 5.15 Å². The zero-order valence-corrected chi connectivity index (χ0v) is 14.2. The van der Waals surface area contributed by atoms with Crippen LogP contribution in [0.1, 0.15) is 6.92 Å². The summed E-state index contributed by atoms with van der Waals surface area (Å²) < 4.78 is 2.71. The van der Waals surface area contributed by atoms with E-state index in [0.717, 1.165) is 27.1 Å². The molecule has 0 atom stereocenters. The lowest BCUT2D eigenvalue weighted by Crippen LogP contribution is -2.03. The molecule has 1 aromatic carbocycles. The highest BCUT2D eigenvalue weighted by atomic mass is 127. The Balaban J connectivity index is 2.19. The van der Waals surface area contributed by atoms with Gasteiger partial charge in [-0.25, -0.2) is 9.97 Å². The first-order valence-corrected chi connectivity index (χ1v) is 7.97. The van der Waals surface area contributed by atoms with E-state index in [0.29, 0.717) is 11.0 Å². The Bertz CT molecular complexity index is 771. The van der Waals surface area contributed by atoms with Crippen LogP contribution in [-0.2, 0) is 6.54 Å². The number of benzene rings is 1. The van der Waals surface area contributed by atoms with Gasteiger partial charge in [0.05, 0.1) is 9.26 Å². The number of nitrogens with zero attached hydrogens (tertiary/aromatic N) is 4. The molecule has 3 rings (SSSR count). The van der Waals surface area contributed by atoms with Crippen LogP contribution < -0.4 is 0 Å². The van der Waals surface area contributed by atoms with E-state index < -0.39 is 0 Å². The summed E-state index contributed by atoms with van der Waals surface area (Å²) >= 11 is 8.47. The third-order valence-corrected chi connectivity index (χ3v) is 4.72. The molecule has 0 aliphatic carbocycles. The highest BCUT2D eigenvalue weighted by Gasteiger charge is 2.15. The second kappa shape index (κ2) is 6.11. The first kappa shape index (κ1) is 14.5. The molecule has 0 saturated heterocycles. The number of hydrogen-bond donors (Lipinski definition) is 0. The molecule has 0 spiro atoms. The Kier molecular flexibility index (Phi) is 4.21. The van der Waals surface area contributed by atoms with Crippen molar-refractivity contribution in [2.75, 3.05) is 0 Å². The first-order valence-electron chi connectivity index (χ1n) is 6.51. The smallest absolute Gasteiger partial charge is 0.179 e. The maximum Gasteiger partial charge on any atom is 0.179 e. The van der Waals surface area contributed by atoms with E-state index in [9.17, 15) is 0 Å². The molecule has 0 aliphatic rings. The molecule has 106 valence electrons. The summed E-state index contributed by atoms with van der Waals surface area (Å²) in [5, 5.41) is 4.72. The van der Waals surface area contributed by atoms with E-state index in [-0.39, 0.29) is 0 Å². The molecule has 21 heavy (non-hydrogen) atoms. The summed E-state index contributed by atoms with van der Waals surface area (Å²) in [6.45, 7) is 2.79. The maximum atomic E-state index is 6.29. The van der Waals surface area contributed by atoms with Gasteiger partial charge in [0.15, 0.2) is 5.82 Å². The van der Waals surface area contributed by atoms with Gasteiger partial charge in [-0.1, -0.05) is 41.9 Å². The van der Waals surface area contributed by atoms with E-state index in [4.69, 9.17) is 16.6 Å². The van der Waals surface area contributed by atoms with Crippen molar-refractivity contribution >= 4 is 34.2 Å². The fourth-order valence-electron chi connectivity index (χ4n) is 2.10. The number of hydrogen-bond acceptors (Lipinski definition) is 3. The van der Waals surface area contributed by atoms with Crippen molar-refractivity contribution in [2.24, 2.45) is 0 Å². The molecule has 2 aromatic heterocycles. The van der Waals surface area contributed by atoms with Crippen molar-refractivity contribution < 1.29 is 0 Å². The summed E-state index contributed by atoms with van der Waals surface area (Å²) in [6.07, 6.45) is 1.75. The topological polar surface area (TPSA) is 43.6 Å². The highest BCUT2D eigenvalue weighted by molar-refractivity contribution is 14.1. The van der Waals surface area contributed by atoms with Crippen molar-refractivity contribution in [1.29, 1.82) is 0 Å². The predicted molar refractivity (Wildman–Crippen MR) is 92.1 cm³/mol. The molecule has 0 fully saturated rings. The van der Waals surface area contributed by atoms with Crippen LogP contribution >= 0.6 is 34.2 Å². The monoisotopic (exact) mass is 410 g/mol. The van der Waals surface area contributed by atoms with Gasteiger partial charge in [-0.2, -0.15) is 5.10 Å². The quantitative estimate of drug-likeness (QED) is 0.478. The zero-order valence-electron chi connectivity index (χ0n) is 11.3. The third-order valence-electron chi connectivity index (χ3n) is 3.10. The molecule has 0 unspecified atom stereocenters. The van der Waals surface area contributed by atoms with E-state index in [1.807, 2.05) is 48.0 Å². The summed E-state index contributed by atoms with van der Waals surface area (Å²) in [5.74, 6) is 0.596. The summed E-state index contributed by atoms with van der Waals surface area (Å²) in [5.41, 5.74) is 2.73. The second-order valence-electron chi connectivity index (χ2n) is 4.40. The molecule has 3 aromatic rings. The van der Waals surface area contributed by atoms with Crippen molar-refractivity contribution in [3.63, 3.8) is 0 Å². The van der Waals surface area contributed by atoms with E-state index >= 15 is 0 Å². The van der Waals surface area contributed by atoms with Crippen molar-refractivity contribution in [3.8, 4) is 22.8 Å². The van der Waals surface area contributed by atoms with Gasteiger partial charge < -0.3 is 0 Å². The van der Waals surface area contributed by atoms with Crippen LogP contribution in [0.5, 0.6) is 0 Å². The molecule has 0 N–H and O–H groups in total. The van der Waals surface area contributed by atoms with Crippen LogP contribution in [0, 0.1) is 3.57 Å². The SMILES string of the molecule is CCn1nccc1-c1nc(Cl)c(I)c(-c2ccccc2)n1. The Hall–Kier alpha value is -1.47. The Morgan fingerprint density at radius 3 is 2.62 bits per heavy atom. The standard InChI is InChI=1S/C15H12ClIN4/c1-2-21-11(8-9-18-21)15-19-13(12(17)14(16)20-15)10-6-4-3-5-7-10/h3-9H,2H2,1H3. The molecule has 0 bridgehead atoms. The maximum absolute atomic E-state index is 6.29. The van der Waals surface area contributed by atoms with E-state index in [1.54, 1.807) is 6.20 Å². The summed E-state index contributed by atoms with van der Waals surface area (Å²) in [4.78, 5) is 9.09. The third kappa shape index (κ3) is 2.80. The number of halogens is 2. The molecule has 0 aliphatic heterocycles. The fourth-order valence-corrected chi connectivity index (χ4v) is 2.82. The highest BCUT2D eigenvalue weighted by Crippen LogP contribution is 2.30. The van der Waals surface area contributed by atoms with Crippen molar-refractivity contribution in [2.45, 2.75) is 13.5 Å². The van der Waals surface area contributed by atoms with Crippen LogP contribution in [0.4, 0.5) is 0 Å².